The van der Waals surface area contributed by atoms with E-state index in [2.05, 4.69) is 5.32 Å². The molecule has 3 N–H and O–H groups in total. The van der Waals surface area contributed by atoms with Crippen molar-refractivity contribution in [3.63, 3.8) is 0 Å². The lowest BCUT2D eigenvalue weighted by atomic mass is 9.68. The van der Waals surface area contributed by atoms with Crippen molar-refractivity contribution >= 4 is 17.6 Å². The van der Waals surface area contributed by atoms with Gasteiger partial charge in [0.1, 0.15) is 17.2 Å². The molecule has 5 nitrogen and oxygen atoms in total. The third-order valence-corrected chi connectivity index (χ3v) is 5.72. The monoisotopic (exact) mass is 428 g/mol. The highest BCUT2D eigenvalue weighted by Crippen LogP contribution is 2.39. The Morgan fingerprint density at radius 1 is 0.781 bits per heavy atom. The van der Waals surface area contributed by atoms with E-state index in [0.717, 1.165) is 16.7 Å². The van der Waals surface area contributed by atoms with Crippen molar-refractivity contribution in [2.45, 2.75) is 37.6 Å². The van der Waals surface area contributed by atoms with Crippen LogP contribution in [0, 0.1) is 0 Å². The standard InChI is InChI=1S/C27H28N2O3/c1-2-23(30)18-19-24(25(28)31)29-26(32)27(20-12-6-3-7-13-20,21-14-8-4-9-15-21)22-16-10-5-11-17-22/h3-17,24H,2,18-19H2,1H3,(H2,28,31)(H,29,32)/t24-/m1/s1. The molecule has 164 valence electrons. The lowest BCUT2D eigenvalue weighted by Crippen LogP contribution is -2.53. The van der Waals surface area contributed by atoms with E-state index in [4.69, 9.17) is 5.73 Å². The van der Waals surface area contributed by atoms with E-state index in [0.29, 0.717) is 6.42 Å². The molecular weight excluding hydrogens is 400 g/mol. The maximum absolute atomic E-state index is 14.1. The fraction of sp³-hybridized carbons (Fsp3) is 0.222. The van der Waals surface area contributed by atoms with E-state index in [9.17, 15) is 14.4 Å². The first-order valence-corrected chi connectivity index (χ1v) is 10.8. The second-order valence-electron chi connectivity index (χ2n) is 7.71. The summed E-state index contributed by atoms with van der Waals surface area (Å²) in [4.78, 5) is 38.1. The molecule has 0 spiro atoms. The predicted molar refractivity (Wildman–Crippen MR) is 125 cm³/mol. The van der Waals surface area contributed by atoms with Gasteiger partial charge < -0.3 is 11.1 Å². The summed E-state index contributed by atoms with van der Waals surface area (Å²) in [7, 11) is 0. The van der Waals surface area contributed by atoms with Crippen molar-refractivity contribution < 1.29 is 14.4 Å². The van der Waals surface area contributed by atoms with Crippen LogP contribution in [0.25, 0.3) is 0 Å². The highest BCUT2D eigenvalue weighted by atomic mass is 16.2. The van der Waals surface area contributed by atoms with Crippen LogP contribution in [0.4, 0.5) is 0 Å². The van der Waals surface area contributed by atoms with Gasteiger partial charge in [-0.05, 0) is 23.1 Å². The Bertz CT molecular complexity index is 953. The largest absolute Gasteiger partial charge is 0.368 e. The van der Waals surface area contributed by atoms with Crippen LogP contribution in [0.1, 0.15) is 42.9 Å². The van der Waals surface area contributed by atoms with Crippen molar-refractivity contribution in [3.05, 3.63) is 108 Å². The van der Waals surface area contributed by atoms with Crippen molar-refractivity contribution in [1.29, 1.82) is 0 Å². The fourth-order valence-corrected chi connectivity index (χ4v) is 3.99. The number of primary amides is 1. The number of hydrogen-bond donors (Lipinski definition) is 2. The molecular formula is C27H28N2O3. The molecule has 0 saturated carbocycles. The van der Waals surface area contributed by atoms with Gasteiger partial charge in [0.15, 0.2) is 0 Å². The van der Waals surface area contributed by atoms with Crippen molar-refractivity contribution in [1.82, 2.24) is 5.32 Å². The SMILES string of the molecule is CCC(=O)CC[C@@H](NC(=O)C(c1ccccc1)(c1ccccc1)c1ccccc1)C(N)=O. The van der Waals surface area contributed by atoms with Crippen molar-refractivity contribution in [2.24, 2.45) is 5.73 Å². The van der Waals surface area contributed by atoms with Crippen LogP contribution in [0.3, 0.4) is 0 Å². The van der Waals surface area contributed by atoms with E-state index < -0.39 is 17.4 Å². The van der Waals surface area contributed by atoms with Crippen LogP contribution in [-0.4, -0.2) is 23.6 Å². The molecule has 5 heteroatoms. The molecule has 0 heterocycles. The molecule has 3 aromatic carbocycles. The minimum absolute atomic E-state index is 0.0194. The number of ketones is 1. The van der Waals surface area contributed by atoms with Crippen molar-refractivity contribution in [2.75, 3.05) is 0 Å². The molecule has 2 amide bonds. The minimum Gasteiger partial charge on any atom is -0.368 e. The summed E-state index contributed by atoms with van der Waals surface area (Å²) in [6, 6.07) is 27.4. The Morgan fingerprint density at radius 3 is 1.53 bits per heavy atom. The van der Waals surface area contributed by atoms with Crippen molar-refractivity contribution in [3.8, 4) is 0 Å². The molecule has 0 fully saturated rings. The van der Waals surface area contributed by atoms with Crippen LogP contribution in [0.2, 0.25) is 0 Å². The zero-order valence-electron chi connectivity index (χ0n) is 18.2. The number of benzene rings is 3. The number of nitrogens with two attached hydrogens (primary N) is 1. The average Bonchev–Trinajstić information content (AvgIpc) is 2.84. The number of carbonyl (C=O) groups is 3. The summed E-state index contributed by atoms with van der Waals surface area (Å²) in [5.41, 5.74) is 6.70. The summed E-state index contributed by atoms with van der Waals surface area (Å²) in [6.07, 6.45) is 0.725. The molecule has 0 saturated heterocycles. The zero-order valence-corrected chi connectivity index (χ0v) is 18.2. The van der Waals surface area contributed by atoms with Gasteiger partial charge in [-0.25, -0.2) is 0 Å². The number of nitrogens with one attached hydrogen (secondary N) is 1. The maximum Gasteiger partial charge on any atom is 0.240 e. The van der Waals surface area contributed by atoms with Crippen LogP contribution < -0.4 is 11.1 Å². The number of hydrogen-bond acceptors (Lipinski definition) is 3. The van der Waals surface area contributed by atoms with Gasteiger partial charge in [0.05, 0.1) is 0 Å². The van der Waals surface area contributed by atoms with Gasteiger partial charge in [-0.3, -0.25) is 14.4 Å². The molecule has 0 aromatic heterocycles. The van der Waals surface area contributed by atoms with Gasteiger partial charge in [-0.2, -0.15) is 0 Å². The number of carbonyl (C=O) groups excluding carboxylic acids is 3. The van der Waals surface area contributed by atoms with Gasteiger partial charge >= 0.3 is 0 Å². The van der Waals surface area contributed by atoms with Crippen LogP contribution in [0.15, 0.2) is 91.0 Å². The maximum atomic E-state index is 14.1. The Hall–Kier alpha value is -3.73. The van der Waals surface area contributed by atoms with Crippen LogP contribution in [0.5, 0.6) is 0 Å². The summed E-state index contributed by atoms with van der Waals surface area (Å²) >= 11 is 0. The molecule has 1 atom stereocenters. The molecule has 0 aliphatic rings. The quantitative estimate of drug-likeness (QED) is 0.482. The topological polar surface area (TPSA) is 89.3 Å². The second kappa shape index (κ2) is 10.5. The highest BCUT2D eigenvalue weighted by molar-refractivity contribution is 5.98. The first-order valence-electron chi connectivity index (χ1n) is 10.8. The first-order chi connectivity index (χ1) is 15.5. The Morgan fingerprint density at radius 2 is 1.19 bits per heavy atom. The third-order valence-electron chi connectivity index (χ3n) is 5.72. The smallest absolute Gasteiger partial charge is 0.240 e. The van der Waals surface area contributed by atoms with Crippen LogP contribution in [-0.2, 0) is 19.8 Å². The van der Waals surface area contributed by atoms with Gasteiger partial charge in [0.25, 0.3) is 0 Å². The summed E-state index contributed by atoms with van der Waals surface area (Å²) in [6.45, 7) is 1.77. The molecule has 3 rings (SSSR count). The molecule has 32 heavy (non-hydrogen) atoms. The molecule has 0 unspecified atom stereocenters. The Labute approximate surface area is 188 Å². The van der Waals surface area contributed by atoms with E-state index >= 15 is 0 Å². The molecule has 0 radical (unpaired) electrons. The fourth-order valence-electron chi connectivity index (χ4n) is 3.99. The Balaban J connectivity index is 2.14. The van der Waals surface area contributed by atoms with E-state index in [1.165, 1.54) is 0 Å². The zero-order chi connectivity index (χ0) is 23.0. The van der Waals surface area contributed by atoms with Gasteiger partial charge in [0, 0.05) is 12.8 Å². The second-order valence-corrected chi connectivity index (χ2v) is 7.71. The summed E-state index contributed by atoms with van der Waals surface area (Å²) < 4.78 is 0. The minimum atomic E-state index is -1.20. The van der Waals surface area contributed by atoms with E-state index in [1.54, 1.807) is 6.92 Å². The normalized spacial score (nSPS) is 12.0. The molecule has 3 aromatic rings. The lowest BCUT2D eigenvalue weighted by Gasteiger charge is -2.35. The predicted octanol–water partition coefficient (Wildman–Crippen LogP) is 3.75. The number of amides is 2. The molecule has 0 bridgehead atoms. The third kappa shape index (κ3) is 4.78. The molecule has 0 aliphatic carbocycles. The summed E-state index contributed by atoms with van der Waals surface area (Å²) in [5, 5.41) is 2.87. The number of Topliss-reactive ketones (excluding diaryl/α,β-unsaturated/α-hetero) is 1. The lowest BCUT2D eigenvalue weighted by molar-refractivity contribution is -0.130. The molecule has 0 aliphatic heterocycles. The van der Waals surface area contributed by atoms with Crippen LogP contribution >= 0.6 is 0 Å². The summed E-state index contributed by atoms with van der Waals surface area (Å²) in [5.74, 6) is -1.01. The van der Waals surface area contributed by atoms with E-state index in [-0.39, 0.29) is 24.5 Å². The van der Waals surface area contributed by atoms with E-state index in [1.807, 2.05) is 91.0 Å². The first kappa shape index (κ1) is 22.9. The number of rotatable bonds is 10. The van der Waals surface area contributed by atoms with Gasteiger partial charge in [0.2, 0.25) is 11.8 Å². The average molecular weight is 429 g/mol. The van der Waals surface area contributed by atoms with Gasteiger partial charge in [-0.15, -0.1) is 0 Å². The Kier molecular flexibility index (Phi) is 7.55. The van der Waals surface area contributed by atoms with Gasteiger partial charge in [-0.1, -0.05) is 97.9 Å². The highest BCUT2D eigenvalue weighted by Gasteiger charge is 2.44.